The van der Waals surface area contributed by atoms with E-state index in [2.05, 4.69) is 15.1 Å². The number of fused-ring (bicyclic) bond motifs is 4. The number of hydrogen-bond acceptors (Lipinski definition) is 4. The van der Waals surface area contributed by atoms with Crippen LogP contribution in [0.25, 0.3) is 21.9 Å². The van der Waals surface area contributed by atoms with E-state index < -0.39 is 65.5 Å². The van der Waals surface area contributed by atoms with Gasteiger partial charge in [-0.05, 0) is 65.6 Å². The van der Waals surface area contributed by atoms with E-state index in [1.165, 1.54) is 6.20 Å². The first kappa shape index (κ1) is 28.2. The highest BCUT2D eigenvalue weighted by Gasteiger charge is 2.67. The molecule has 0 amide bonds. The summed E-state index contributed by atoms with van der Waals surface area (Å²) in [6, 6.07) is 14.2. The molecule has 5 nitrogen and oxygen atoms in total. The first-order chi connectivity index (χ1) is 21.1. The molecular formula is C33H24F6N4O. The van der Waals surface area contributed by atoms with Crippen LogP contribution in [0.1, 0.15) is 59.3 Å². The average molecular weight is 607 g/mol. The summed E-state index contributed by atoms with van der Waals surface area (Å²) in [4.78, 5) is 22.3. The second kappa shape index (κ2) is 10.6. The lowest BCUT2D eigenvalue weighted by atomic mass is 9.86. The Morgan fingerprint density at radius 2 is 1.77 bits per heavy atom. The Labute approximate surface area is 247 Å². The van der Waals surface area contributed by atoms with E-state index in [9.17, 15) is 22.4 Å². The quantitative estimate of drug-likeness (QED) is 0.160. The van der Waals surface area contributed by atoms with Crippen LogP contribution in [0.15, 0.2) is 73.2 Å². The molecule has 3 aromatic heterocycles. The maximum atomic E-state index is 15.1. The van der Waals surface area contributed by atoms with Gasteiger partial charge in [-0.25, -0.2) is 17.6 Å². The van der Waals surface area contributed by atoms with Crippen molar-refractivity contribution < 1.29 is 31.1 Å². The van der Waals surface area contributed by atoms with Gasteiger partial charge in [-0.2, -0.15) is 13.9 Å². The van der Waals surface area contributed by atoms with Crippen LogP contribution in [-0.2, 0) is 23.7 Å². The van der Waals surface area contributed by atoms with Gasteiger partial charge in [0.1, 0.15) is 29.6 Å². The third kappa shape index (κ3) is 4.93. The Kier molecular flexibility index (Phi) is 6.78. The summed E-state index contributed by atoms with van der Waals surface area (Å²) in [5.41, 5.74) is 0.690. The minimum absolute atomic E-state index is 0.000619. The molecule has 2 aromatic carbocycles. The number of nitrogens with zero attached hydrogens (tertiary/aromatic N) is 4. The fourth-order valence-electron chi connectivity index (χ4n) is 6.60. The van der Waals surface area contributed by atoms with Crippen LogP contribution in [0.3, 0.4) is 0 Å². The van der Waals surface area contributed by atoms with E-state index in [0.29, 0.717) is 11.3 Å². The van der Waals surface area contributed by atoms with Gasteiger partial charge in [0.2, 0.25) is 0 Å². The van der Waals surface area contributed by atoms with Crippen molar-refractivity contribution in [2.75, 3.05) is 0 Å². The first-order valence-electron chi connectivity index (χ1n) is 14.1. The topological polar surface area (TPSA) is 60.7 Å². The first-order valence-corrected chi connectivity index (χ1v) is 14.1. The van der Waals surface area contributed by atoms with Gasteiger partial charge in [0.05, 0.1) is 5.69 Å². The van der Waals surface area contributed by atoms with E-state index in [4.69, 9.17) is 0 Å². The SMILES string of the molecule is O=C(C[C@@H](Cc1cc(F)cc(F)c1)c1ncccc1-c1ccc2ccncc2c1)Cn1nc(C(F)F)c2c1C(F)(F)C1CC21. The van der Waals surface area contributed by atoms with Crippen molar-refractivity contribution in [1.82, 2.24) is 19.7 Å². The Balaban J connectivity index is 1.25. The molecule has 0 aliphatic heterocycles. The van der Waals surface area contributed by atoms with Crippen LogP contribution in [-0.4, -0.2) is 25.5 Å². The second-order valence-electron chi connectivity index (χ2n) is 11.5. The zero-order valence-corrected chi connectivity index (χ0v) is 23.0. The largest absolute Gasteiger partial charge is 0.298 e. The molecule has 0 radical (unpaired) electrons. The van der Waals surface area contributed by atoms with E-state index >= 15 is 8.78 Å². The van der Waals surface area contributed by atoms with Crippen molar-refractivity contribution in [3.63, 3.8) is 0 Å². The summed E-state index contributed by atoms with van der Waals surface area (Å²) in [6.07, 6.45) is 1.70. The maximum Gasteiger partial charge on any atom is 0.293 e. The lowest BCUT2D eigenvalue weighted by Gasteiger charge is -2.21. The third-order valence-corrected chi connectivity index (χ3v) is 8.55. The molecule has 2 unspecified atom stereocenters. The van der Waals surface area contributed by atoms with Crippen molar-refractivity contribution >= 4 is 16.6 Å². The number of carbonyl (C=O) groups is 1. The highest BCUT2D eigenvalue weighted by atomic mass is 19.3. The molecule has 2 aliphatic rings. The lowest BCUT2D eigenvalue weighted by Crippen LogP contribution is -2.24. The van der Waals surface area contributed by atoms with E-state index in [0.717, 1.165) is 39.2 Å². The summed E-state index contributed by atoms with van der Waals surface area (Å²) in [5, 5.41) is 5.59. The molecule has 2 aliphatic carbocycles. The van der Waals surface area contributed by atoms with Gasteiger partial charge in [0.25, 0.3) is 12.3 Å². The number of pyridine rings is 2. The van der Waals surface area contributed by atoms with Crippen molar-refractivity contribution in [2.24, 2.45) is 5.92 Å². The van der Waals surface area contributed by atoms with Crippen LogP contribution < -0.4 is 0 Å². The van der Waals surface area contributed by atoms with Crippen molar-refractivity contribution in [3.8, 4) is 11.1 Å². The Morgan fingerprint density at radius 1 is 0.977 bits per heavy atom. The molecule has 7 rings (SSSR count). The molecule has 0 spiro atoms. The van der Waals surface area contributed by atoms with Gasteiger partial charge >= 0.3 is 0 Å². The van der Waals surface area contributed by atoms with Crippen LogP contribution in [0.4, 0.5) is 26.3 Å². The number of alkyl halides is 4. The molecule has 0 saturated heterocycles. The number of halogens is 6. The van der Waals surface area contributed by atoms with Crippen molar-refractivity contribution in [1.29, 1.82) is 0 Å². The molecule has 5 aromatic rings. The van der Waals surface area contributed by atoms with E-state index in [1.807, 2.05) is 30.3 Å². The van der Waals surface area contributed by atoms with Crippen LogP contribution in [0.2, 0.25) is 0 Å². The molecule has 11 heteroatoms. The minimum atomic E-state index is -3.36. The van der Waals surface area contributed by atoms with Gasteiger partial charge in [-0.3, -0.25) is 19.4 Å². The summed E-state index contributed by atoms with van der Waals surface area (Å²) in [7, 11) is 0. The fraction of sp³-hybridized carbons (Fsp3) is 0.273. The molecular weight excluding hydrogens is 582 g/mol. The molecule has 1 fully saturated rings. The van der Waals surface area contributed by atoms with Gasteiger partial charge in [0.15, 0.2) is 5.78 Å². The van der Waals surface area contributed by atoms with Gasteiger partial charge < -0.3 is 0 Å². The molecule has 44 heavy (non-hydrogen) atoms. The standard InChI is InChI=1S/C33H24F6N4O/c34-22-9-17(10-23(35)13-22)8-20(29-25(2-1-6-41-29)19-4-3-18-5-7-40-15-21(18)11-19)12-24(44)16-43-31-28(30(42-43)32(36)37)26-14-27(26)33(31,38)39/h1-7,9-11,13,15,20,26-27,32H,8,12,14,16H2/t20-,26?,27?/m1/s1. The number of hydrogen-bond donors (Lipinski definition) is 0. The smallest absolute Gasteiger partial charge is 0.293 e. The Bertz CT molecular complexity index is 1900. The summed E-state index contributed by atoms with van der Waals surface area (Å²) < 4.78 is 86.8. The third-order valence-electron chi connectivity index (χ3n) is 8.55. The van der Waals surface area contributed by atoms with Gasteiger partial charge in [-0.15, -0.1) is 0 Å². The summed E-state index contributed by atoms with van der Waals surface area (Å²) in [5.74, 6) is -7.99. The molecule has 0 bridgehead atoms. The van der Waals surface area contributed by atoms with E-state index in [1.54, 1.807) is 18.5 Å². The number of ketones is 1. The van der Waals surface area contributed by atoms with Crippen LogP contribution in [0.5, 0.6) is 0 Å². The maximum absolute atomic E-state index is 15.1. The van der Waals surface area contributed by atoms with Crippen molar-refractivity contribution in [2.45, 2.75) is 50.0 Å². The molecule has 1 saturated carbocycles. The predicted molar refractivity (Wildman–Crippen MR) is 149 cm³/mol. The predicted octanol–water partition coefficient (Wildman–Crippen LogP) is 7.90. The summed E-state index contributed by atoms with van der Waals surface area (Å²) >= 11 is 0. The summed E-state index contributed by atoms with van der Waals surface area (Å²) in [6.45, 7) is -0.651. The average Bonchev–Trinajstić information content (AvgIpc) is 3.64. The highest BCUT2D eigenvalue weighted by Crippen LogP contribution is 2.68. The second-order valence-corrected chi connectivity index (χ2v) is 11.5. The zero-order valence-electron chi connectivity index (χ0n) is 23.0. The van der Waals surface area contributed by atoms with Crippen LogP contribution in [0, 0.1) is 17.6 Å². The number of carbonyl (C=O) groups excluding carboxylic acids is 1. The zero-order chi connectivity index (χ0) is 30.7. The molecule has 224 valence electrons. The van der Waals surface area contributed by atoms with Gasteiger partial charge in [0, 0.05) is 59.4 Å². The molecule has 3 heterocycles. The Morgan fingerprint density at radius 3 is 2.55 bits per heavy atom. The van der Waals surface area contributed by atoms with E-state index in [-0.39, 0.29) is 30.4 Å². The number of aromatic nitrogens is 4. The molecule has 0 N–H and O–H groups in total. The van der Waals surface area contributed by atoms with Gasteiger partial charge in [-0.1, -0.05) is 18.2 Å². The minimum Gasteiger partial charge on any atom is -0.298 e. The normalized spacial score (nSPS) is 18.8. The van der Waals surface area contributed by atoms with Crippen molar-refractivity contribution in [3.05, 3.63) is 113 Å². The molecule has 3 atom stereocenters. The number of rotatable bonds is 9. The highest BCUT2D eigenvalue weighted by molar-refractivity contribution is 5.87. The number of benzene rings is 2. The van der Waals surface area contributed by atoms with Crippen LogP contribution >= 0.6 is 0 Å². The lowest BCUT2D eigenvalue weighted by molar-refractivity contribution is -0.120. The Hall–Kier alpha value is -4.54. The monoisotopic (exact) mass is 606 g/mol. The number of Topliss-reactive ketones (excluding diaryl/α,β-unsaturated/α-hetero) is 1. The fourth-order valence-corrected chi connectivity index (χ4v) is 6.60.